The Hall–Kier alpha value is -0.700. The van der Waals surface area contributed by atoms with Gasteiger partial charge < -0.3 is 25.3 Å². The predicted octanol–water partition coefficient (Wildman–Crippen LogP) is -0.666. The van der Waals surface area contributed by atoms with Crippen LogP contribution < -0.4 is 4.90 Å². The summed E-state index contributed by atoms with van der Waals surface area (Å²) >= 11 is 1.69. The Morgan fingerprint density at radius 1 is 1.18 bits per heavy atom. The van der Waals surface area contributed by atoms with Gasteiger partial charge in [-0.05, 0) is 23.8 Å². The molecular formula is C15H24N2O4S. The highest BCUT2D eigenvalue weighted by Gasteiger charge is 2.42. The lowest BCUT2D eigenvalue weighted by molar-refractivity contribution is -0.146. The van der Waals surface area contributed by atoms with Gasteiger partial charge in [0.05, 0.1) is 18.8 Å². The van der Waals surface area contributed by atoms with Crippen LogP contribution in [0.15, 0.2) is 16.8 Å². The number of hydrogen-bond acceptors (Lipinski definition) is 7. The van der Waals surface area contributed by atoms with E-state index in [0.717, 1.165) is 19.5 Å². The van der Waals surface area contributed by atoms with E-state index in [1.165, 1.54) is 5.69 Å². The van der Waals surface area contributed by atoms with E-state index in [0.29, 0.717) is 19.0 Å². The molecule has 0 spiro atoms. The number of piperidine rings is 1. The molecule has 0 aliphatic carbocycles. The summed E-state index contributed by atoms with van der Waals surface area (Å²) in [5, 5.41) is 43.4. The first-order chi connectivity index (χ1) is 10.6. The minimum absolute atomic E-state index is 0.216. The highest BCUT2D eigenvalue weighted by atomic mass is 32.1. The minimum Gasteiger partial charge on any atom is -0.395 e. The zero-order valence-electron chi connectivity index (χ0n) is 12.5. The molecule has 0 bridgehead atoms. The molecule has 2 aliphatic heterocycles. The van der Waals surface area contributed by atoms with Crippen LogP contribution in [0.2, 0.25) is 0 Å². The zero-order chi connectivity index (χ0) is 15.7. The molecular weight excluding hydrogens is 304 g/mol. The van der Waals surface area contributed by atoms with Crippen molar-refractivity contribution in [1.82, 2.24) is 4.90 Å². The van der Waals surface area contributed by atoms with Crippen molar-refractivity contribution in [3.05, 3.63) is 16.8 Å². The first kappa shape index (κ1) is 16.2. The fraction of sp³-hybridized carbons (Fsp3) is 0.733. The largest absolute Gasteiger partial charge is 0.395 e. The van der Waals surface area contributed by atoms with Crippen LogP contribution in [0.1, 0.15) is 6.42 Å². The second kappa shape index (κ2) is 6.82. The molecule has 0 amide bonds. The van der Waals surface area contributed by atoms with Gasteiger partial charge in [-0.3, -0.25) is 4.90 Å². The van der Waals surface area contributed by atoms with Crippen molar-refractivity contribution in [3.8, 4) is 0 Å². The van der Waals surface area contributed by atoms with Crippen molar-refractivity contribution < 1.29 is 20.4 Å². The van der Waals surface area contributed by atoms with Gasteiger partial charge >= 0.3 is 0 Å². The van der Waals surface area contributed by atoms with Crippen LogP contribution in [0.5, 0.6) is 0 Å². The van der Waals surface area contributed by atoms with Crippen molar-refractivity contribution in [2.75, 3.05) is 37.7 Å². The second-order valence-electron chi connectivity index (χ2n) is 6.33. The fourth-order valence-corrected chi connectivity index (χ4v) is 4.24. The minimum atomic E-state index is -1.18. The summed E-state index contributed by atoms with van der Waals surface area (Å²) in [4.78, 5) is 4.27. The smallest absolute Gasteiger partial charge is 0.109 e. The Labute approximate surface area is 134 Å². The summed E-state index contributed by atoms with van der Waals surface area (Å²) in [6.07, 6.45) is -2.20. The second-order valence-corrected chi connectivity index (χ2v) is 7.11. The molecule has 2 aliphatic rings. The molecule has 0 unspecified atom stereocenters. The molecule has 4 N–H and O–H groups in total. The standard InChI is InChI=1S/C15H24N2O4S/c18-8-12-14(20)15(21)13(19)7-17(12)6-10-1-3-16(5-10)11-2-4-22-9-11/h2,4,9-10,12-15,18-21H,1,3,5-8H2/t10-,12+,13-,14+,15+/m0/s1. The Morgan fingerprint density at radius 2 is 2.00 bits per heavy atom. The highest BCUT2D eigenvalue weighted by molar-refractivity contribution is 7.08. The predicted molar refractivity (Wildman–Crippen MR) is 85.1 cm³/mol. The van der Waals surface area contributed by atoms with Gasteiger partial charge in [-0.15, -0.1) is 0 Å². The molecule has 0 radical (unpaired) electrons. The van der Waals surface area contributed by atoms with Crippen LogP contribution in [0.25, 0.3) is 0 Å². The molecule has 5 atom stereocenters. The lowest BCUT2D eigenvalue weighted by Gasteiger charge is -2.44. The van der Waals surface area contributed by atoms with Gasteiger partial charge in [0.1, 0.15) is 12.2 Å². The summed E-state index contributed by atoms with van der Waals surface area (Å²) in [7, 11) is 0. The van der Waals surface area contributed by atoms with Gasteiger partial charge in [0.2, 0.25) is 0 Å². The van der Waals surface area contributed by atoms with Gasteiger partial charge in [0.15, 0.2) is 0 Å². The summed E-state index contributed by atoms with van der Waals surface area (Å²) in [6.45, 7) is 2.74. The van der Waals surface area contributed by atoms with Crippen LogP contribution >= 0.6 is 11.3 Å². The number of anilines is 1. The molecule has 22 heavy (non-hydrogen) atoms. The maximum atomic E-state index is 10.0. The molecule has 2 saturated heterocycles. The number of hydrogen-bond donors (Lipinski definition) is 4. The first-order valence-corrected chi connectivity index (χ1v) is 8.70. The van der Waals surface area contributed by atoms with E-state index in [1.54, 1.807) is 11.3 Å². The third kappa shape index (κ3) is 3.15. The van der Waals surface area contributed by atoms with Crippen molar-refractivity contribution in [2.24, 2.45) is 5.92 Å². The van der Waals surface area contributed by atoms with Gasteiger partial charge in [-0.25, -0.2) is 0 Å². The number of aliphatic hydroxyl groups is 4. The van der Waals surface area contributed by atoms with Crippen molar-refractivity contribution in [1.29, 1.82) is 0 Å². The summed E-state index contributed by atoms with van der Waals surface area (Å²) in [6, 6.07) is 1.61. The lowest BCUT2D eigenvalue weighted by atomic mass is 9.93. The fourth-order valence-electron chi connectivity index (χ4n) is 3.57. The van der Waals surface area contributed by atoms with E-state index in [4.69, 9.17) is 0 Å². The van der Waals surface area contributed by atoms with E-state index in [-0.39, 0.29) is 6.61 Å². The molecule has 3 heterocycles. The molecule has 0 saturated carbocycles. The molecule has 7 heteroatoms. The van der Waals surface area contributed by atoms with Gasteiger partial charge in [-0.2, -0.15) is 11.3 Å². The molecule has 124 valence electrons. The summed E-state index contributed by atoms with van der Waals surface area (Å²) in [5.74, 6) is 0.434. The Bertz CT molecular complexity index is 472. The zero-order valence-corrected chi connectivity index (χ0v) is 13.3. The SMILES string of the molecule is OC[C@@H]1[C@@H](O)[C@H](O)[C@@H](O)CN1C[C@H]1CCN(c2ccsc2)C1. The lowest BCUT2D eigenvalue weighted by Crippen LogP contribution is -2.63. The van der Waals surface area contributed by atoms with Gasteiger partial charge in [0, 0.05) is 37.2 Å². The van der Waals surface area contributed by atoms with Gasteiger partial charge in [-0.1, -0.05) is 0 Å². The summed E-state index contributed by atoms with van der Waals surface area (Å²) < 4.78 is 0. The Kier molecular flexibility index (Phi) is 5.01. The van der Waals surface area contributed by atoms with E-state index in [2.05, 4.69) is 21.7 Å². The monoisotopic (exact) mass is 328 g/mol. The number of nitrogens with zero attached hydrogens (tertiary/aromatic N) is 2. The van der Waals surface area contributed by atoms with E-state index >= 15 is 0 Å². The average Bonchev–Trinajstić information content (AvgIpc) is 3.16. The third-order valence-electron chi connectivity index (χ3n) is 4.87. The molecule has 1 aromatic heterocycles. The van der Waals surface area contributed by atoms with Crippen LogP contribution in [-0.2, 0) is 0 Å². The molecule has 0 aromatic carbocycles. The maximum Gasteiger partial charge on any atom is 0.109 e. The van der Waals surface area contributed by atoms with Crippen molar-refractivity contribution in [2.45, 2.75) is 30.8 Å². The quantitative estimate of drug-likeness (QED) is 0.587. The van der Waals surface area contributed by atoms with E-state index < -0.39 is 24.4 Å². The number of aliphatic hydroxyl groups excluding tert-OH is 4. The van der Waals surface area contributed by atoms with Crippen LogP contribution in [0.3, 0.4) is 0 Å². The number of likely N-dealkylation sites (tertiary alicyclic amines) is 1. The van der Waals surface area contributed by atoms with Crippen LogP contribution in [0, 0.1) is 5.92 Å². The van der Waals surface area contributed by atoms with Crippen LogP contribution in [-0.4, -0.2) is 82.5 Å². The Morgan fingerprint density at radius 3 is 2.68 bits per heavy atom. The molecule has 3 rings (SSSR count). The van der Waals surface area contributed by atoms with E-state index in [1.807, 2.05) is 4.90 Å². The summed E-state index contributed by atoms with van der Waals surface area (Å²) in [5.41, 5.74) is 1.25. The first-order valence-electron chi connectivity index (χ1n) is 7.76. The normalized spacial score (nSPS) is 36.9. The number of rotatable bonds is 4. The van der Waals surface area contributed by atoms with E-state index in [9.17, 15) is 20.4 Å². The Balaban J connectivity index is 1.60. The average molecular weight is 328 g/mol. The third-order valence-corrected chi connectivity index (χ3v) is 5.54. The molecule has 6 nitrogen and oxygen atoms in total. The van der Waals surface area contributed by atoms with Gasteiger partial charge in [0.25, 0.3) is 0 Å². The number of thiophene rings is 1. The topological polar surface area (TPSA) is 87.4 Å². The van der Waals surface area contributed by atoms with Crippen molar-refractivity contribution in [3.63, 3.8) is 0 Å². The van der Waals surface area contributed by atoms with Crippen LogP contribution in [0.4, 0.5) is 5.69 Å². The molecule has 1 aromatic rings. The van der Waals surface area contributed by atoms with Crippen molar-refractivity contribution >= 4 is 17.0 Å². The highest BCUT2D eigenvalue weighted by Crippen LogP contribution is 2.28. The maximum absolute atomic E-state index is 10.0. The molecule has 2 fully saturated rings. The number of β-amino-alcohol motifs (C(OH)–C–C–N with tert-alkyl or cyclic N) is 1.